The van der Waals surface area contributed by atoms with Crippen molar-refractivity contribution in [2.75, 3.05) is 0 Å². The number of nitrogens with one attached hydrogen (secondary N) is 1. The predicted molar refractivity (Wildman–Crippen MR) is 47.1 cm³/mol. The molecule has 0 amide bonds. The van der Waals surface area contributed by atoms with Crippen molar-refractivity contribution in [3.63, 3.8) is 0 Å². The molecule has 0 saturated heterocycles. The number of rotatable bonds is 4. The zero-order chi connectivity index (χ0) is 7.23. The summed E-state index contributed by atoms with van der Waals surface area (Å²) in [4.78, 5) is 0. The van der Waals surface area contributed by atoms with Crippen molar-refractivity contribution in [2.24, 2.45) is 5.10 Å². The van der Waals surface area contributed by atoms with Crippen LogP contribution in [-0.2, 0) is 0 Å². The molecule has 10 heavy (non-hydrogen) atoms. The molecule has 0 bridgehead atoms. The van der Waals surface area contributed by atoms with Crippen LogP contribution in [0, 0.1) is 0 Å². The predicted octanol–water partition coefficient (Wildman–Crippen LogP) is 2.17. The van der Waals surface area contributed by atoms with Crippen LogP contribution in [0.25, 0.3) is 0 Å². The van der Waals surface area contributed by atoms with Gasteiger partial charge >= 0.3 is 0 Å². The fraction of sp³-hybridized carbons (Fsp3) is 0.857. The first-order valence-electron chi connectivity index (χ1n) is 3.86. The van der Waals surface area contributed by atoms with Crippen LogP contribution in [0.2, 0.25) is 0 Å². The monoisotopic (exact) mass is 158 g/mol. The van der Waals surface area contributed by atoms with Crippen molar-refractivity contribution in [3.05, 3.63) is 0 Å². The van der Waals surface area contributed by atoms with E-state index in [1.54, 1.807) is 11.8 Å². The highest BCUT2D eigenvalue weighted by atomic mass is 32.2. The van der Waals surface area contributed by atoms with E-state index < -0.39 is 0 Å². The van der Waals surface area contributed by atoms with Crippen LogP contribution >= 0.6 is 11.8 Å². The molecule has 0 aromatic rings. The molecule has 1 aliphatic heterocycles. The van der Waals surface area contributed by atoms with Crippen molar-refractivity contribution in [3.8, 4) is 0 Å². The SMILES string of the molecule is CCCCCC1NN=CS1. The van der Waals surface area contributed by atoms with Gasteiger partial charge in [-0.15, -0.1) is 0 Å². The second kappa shape index (κ2) is 4.61. The third kappa shape index (κ3) is 2.60. The first-order chi connectivity index (χ1) is 4.93. The van der Waals surface area contributed by atoms with Crippen LogP contribution in [0.3, 0.4) is 0 Å². The maximum absolute atomic E-state index is 3.93. The van der Waals surface area contributed by atoms with Gasteiger partial charge in [0.05, 0.1) is 10.9 Å². The van der Waals surface area contributed by atoms with Gasteiger partial charge in [0.2, 0.25) is 0 Å². The van der Waals surface area contributed by atoms with E-state index in [0.717, 1.165) is 0 Å². The van der Waals surface area contributed by atoms with Gasteiger partial charge in [-0.25, -0.2) is 0 Å². The molecule has 0 fully saturated rings. The van der Waals surface area contributed by atoms with Gasteiger partial charge in [0.15, 0.2) is 0 Å². The Hall–Kier alpha value is -0.180. The highest BCUT2D eigenvalue weighted by molar-refractivity contribution is 8.12. The summed E-state index contributed by atoms with van der Waals surface area (Å²) < 4.78 is 0. The molecule has 0 spiro atoms. The standard InChI is InChI=1S/C7H14N2S/c1-2-3-4-5-7-9-8-6-10-7/h6-7,9H,2-5H2,1H3. The quantitative estimate of drug-likeness (QED) is 0.634. The molecule has 1 aliphatic rings. The highest BCUT2D eigenvalue weighted by Crippen LogP contribution is 2.16. The first-order valence-corrected chi connectivity index (χ1v) is 4.80. The van der Waals surface area contributed by atoms with E-state index in [9.17, 15) is 0 Å². The topological polar surface area (TPSA) is 24.4 Å². The minimum atomic E-state index is 0.562. The molecule has 1 heterocycles. The number of hydrazone groups is 1. The molecule has 0 radical (unpaired) electrons. The molecular weight excluding hydrogens is 144 g/mol. The van der Waals surface area contributed by atoms with E-state index in [4.69, 9.17) is 0 Å². The summed E-state index contributed by atoms with van der Waals surface area (Å²) in [5.74, 6) is 0. The van der Waals surface area contributed by atoms with Gasteiger partial charge in [-0.05, 0) is 6.42 Å². The third-order valence-electron chi connectivity index (χ3n) is 1.57. The fourth-order valence-electron chi connectivity index (χ4n) is 0.960. The smallest absolute Gasteiger partial charge is 0.0947 e. The molecule has 3 heteroatoms. The fourth-order valence-corrected chi connectivity index (χ4v) is 1.65. The Morgan fingerprint density at radius 2 is 2.50 bits per heavy atom. The normalized spacial score (nSPS) is 23.1. The van der Waals surface area contributed by atoms with E-state index >= 15 is 0 Å². The third-order valence-corrected chi connectivity index (χ3v) is 2.46. The number of hydrogen-bond acceptors (Lipinski definition) is 3. The molecule has 2 nitrogen and oxygen atoms in total. The Bertz CT molecular complexity index is 106. The lowest BCUT2D eigenvalue weighted by Crippen LogP contribution is -2.14. The van der Waals surface area contributed by atoms with E-state index in [1.165, 1.54) is 25.7 Å². The van der Waals surface area contributed by atoms with Gasteiger partial charge in [0.25, 0.3) is 0 Å². The lowest BCUT2D eigenvalue weighted by molar-refractivity contribution is 0.592. The Labute approximate surface area is 66.5 Å². The summed E-state index contributed by atoms with van der Waals surface area (Å²) in [5.41, 5.74) is 4.93. The van der Waals surface area contributed by atoms with E-state index in [-0.39, 0.29) is 0 Å². The summed E-state index contributed by atoms with van der Waals surface area (Å²) >= 11 is 1.79. The highest BCUT2D eigenvalue weighted by Gasteiger charge is 2.09. The van der Waals surface area contributed by atoms with Gasteiger partial charge in [-0.3, -0.25) is 5.43 Å². The Morgan fingerprint density at radius 1 is 1.60 bits per heavy atom. The van der Waals surface area contributed by atoms with Gasteiger partial charge in [-0.1, -0.05) is 37.9 Å². The molecule has 1 atom stereocenters. The van der Waals surface area contributed by atoms with Crippen LogP contribution in [0.15, 0.2) is 5.10 Å². The Balaban J connectivity index is 1.93. The van der Waals surface area contributed by atoms with Gasteiger partial charge in [0, 0.05) is 0 Å². The van der Waals surface area contributed by atoms with E-state index in [2.05, 4.69) is 17.5 Å². The molecule has 0 aromatic carbocycles. The second-order valence-corrected chi connectivity index (χ2v) is 3.54. The number of thioether (sulfide) groups is 1. The Kier molecular flexibility index (Phi) is 3.65. The average Bonchev–Trinajstić information content (AvgIpc) is 2.41. The molecular formula is C7H14N2S. The summed E-state index contributed by atoms with van der Waals surface area (Å²) in [7, 11) is 0. The second-order valence-electron chi connectivity index (χ2n) is 2.48. The van der Waals surface area contributed by atoms with Gasteiger partial charge in [-0.2, -0.15) is 5.10 Å². The minimum Gasteiger partial charge on any atom is -0.296 e. The lowest BCUT2D eigenvalue weighted by atomic mass is 10.2. The largest absolute Gasteiger partial charge is 0.296 e. The van der Waals surface area contributed by atoms with Crippen LogP contribution in [-0.4, -0.2) is 10.9 Å². The average molecular weight is 158 g/mol. The lowest BCUT2D eigenvalue weighted by Gasteiger charge is -2.06. The maximum Gasteiger partial charge on any atom is 0.0947 e. The molecule has 1 rings (SSSR count). The van der Waals surface area contributed by atoms with Crippen molar-refractivity contribution in [2.45, 2.75) is 38.0 Å². The molecule has 1 unspecified atom stereocenters. The number of unbranched alkanes of at least 4 members (excludes halogenated alkanes) is 2. The van der Waals surface area contributed by atoms with E-state index in [1.807, 2.05) is 5.55 Å². The van der Waals surface area contributed by atoms with Crippen molar-refractivity contribution in [1.82, 2.24) is 5.43 Å². The van der Waals surface area contributed by atoms with Crippen molar-refractivity contribution < 1.29 is 0 Å². The van der Waals surface area contributed by atoms with Crippen molar-refractivity contribution in [1.29, 1.82) is 0 Å². The number of nitrogens with zero attached hydrogens (tertiary/aromatic N) is 1. The van der Waals surface area contributed by atoms with Crippen LogP contribution < -0.4 is 5.43 Å². The zero-order valence-electron chi connectivity index (χ0n) is 6.34. The summed E-state index contributed by atoms with van der Waals surface area (Å²) in [6.45, 7) is 2.23. The van der Waals surface area contributed by atoms with Crippen LogP contribution in [0.4, 0.5) is 0 Å². The summed E-state index contributed by atoms with van der Waals surface area (Å²) in [6, 6.07) is 0. The van der Waals surface area contributed by atoms with Crippen LogP contribution in [0.5, 0.6) is 0 Å². The molecule has 0 aromatic heterocycles. The minimum absolute atomic E-state index is 0.562. The summed E-state index contributed by atoms with van der Waals surface area (Å²) in [6.07, 6.45) is 5.22. The van der Waals surface area contributed by atoms with Gasteiger partial charge < -0.3 is 0 Å². The zero-order valence-corrected chi connectivity index (χ0v) is 7.16. The molecule has 0 saturated carbocycles. The molecule has 58 valence electrons. The van der Waals surface area contributed by atoms with Crippen molar-refractivity contribution >= 4 is 17.3 Å². The first kappa shape index (κ1) is 7.92. The summed E-state index contributed by atoms with van der Waals surface area (Å²) in [5, 5.41) is 4.49. The van der Waals surface area contributed by atoms with E-state index in [0.29, 0.717) is 5.37 Å². The van der Waals surface area contributed by atoms with Gasteiger partial charge in [0.1, 0.15) is 0 Å². The molecule has 1 N–H and O–H groups in total. The van der Waals surface area contributed by atoms with Crippen LogP contribution in [0.1, 0.15) is 32.6 Å². The maximum atomic E-state index is 3.93. The Morgan fingerprint density at radius 3 is 3.10 bits per heavy atom. The number of hydrogen-bond donors (Lipinski definition) is 1. The molecule has 0 aliphatic carbocycles.